The number of halogens is 1. The van der Waals surface area contributed by atoms with Crippen LogP contribution in [-0.2, 0) is 4.74 Å². The van der Waals surface area contributed by atoms with Crippen molar-refractivity contribution < 1.29 is 4.74 Å². The first kappa shape index (κ1) is 8.53. The minimum Gasteiger partial charge on any atom is -0.361 e. The molecular weight excluding hydrogens is 239 g/mol. The Labute approximate surface area is 78.8 Å². The van der Waals surface area contributed by atoms with Crippen LogP contribution >= 0.6 is 24.0 Å². The summed E-state index contributed by atoms with van der Waals surface area (Å²) in [6.45, 7) is 4.31. The summed E-state index contributed by atoms with van der Waals surface area (Å²) in [5, 5.41) is 0. The zero-order valence-corrected chi connectivity index (χ0v) is 8.72. The van der Waals surface area contributed by atoms with Crippen molar-refractivity contribution in [2.75, 3.05) is 0 Å². The summed E-state index contributed by atoms with van der Waals surface area (Å²) in [7, 11) is 0. The Morgan fingerprint density at radius 2 is 1.50 bits per heavy atom. The van der Waals surface area contributed by atoms with E-state index < -0.39 is 0 Å². The van der Waals surface area contributed by atoms with Gasteiger partial charge in [-0.15, -0.1) is 24.0 Å². The Bertz CT molecular complexity index is 160. The number of rotatable bonds is 0. The second kappa shape index (κ2) is 2.21. The third-order valence-corrected chi connectivity index (χ3v) is 2.37. The Hall–Kier alpha value is 0.430. The van der Waals surface area contributed by atoms with Crippen LogP contribution in [0.2, 0.25) is 0 Å². The molecule has 0 saturated carbocycles. The molecule has 1 nitrogen and oxygen atoms in total. The van der Waals surface area contributed by atoms with Gasteiger partial charge in [0.25, 0.3) is 0 Å². The summed E-state index contributed by atoms with van der Waals surface area (Å²) in [4.78, 5) is 0. The molecule has 2 atom stereocenters. The van der Waals surface area contributed by atoms with Crippen molar-refractivity contribution in [3.8, 4) is 0 Å². The minimum absolute atomic E-state index is 0. The van der Waals surface area contributed by atoms with Crippen LogP contribution in [-0.4, -0.2) is 11.2 Å². The second-order valence-corrected chi connectivity index (χ2v) is 3.56. The Morgan fingerprint density at radius 3 is 1.60 bits per heavy atom. The molecule has 1 fully saturated rings. The van der Waals surface area contributed by atoms with Crippen LogP contribution in [0.25, 0.3) is 0 Å². The average Bonchev–Trinajstić information content (AvgIpc) is 2.19. The predicted octanol–water partition coefficient (Wildman–Crippen LogP) is 2.50. The molecule has 2 unspecified atom stereocenters. The first-order valence-corrected chi connectivity index (χ1v) is 3.53. The number of hydrogen-bond donors (Lipinski definition) is 0. The van der Waals surface area contributed by atoms with E-state index >= 15 is 0 Å². The highest BCUT2D eigenvalue weighted by Crippen LogP contribution is 2.44. The van der Waals surface area contributed by atoms with E-state index in [-0.39, 0.29) is 35.2 Å². The summed E-state index contributed by atoms with van der Waals surface area (Å²) in [5.41, 5.74) is 0.184. The molecule has 2 rings (SSSR count). The third kappa shape index (κ3) is 1.11. The van der Waals surface area contributed by atoms with E-state index in [4.69, 9.17) is 4.74 Å². The van der Waals surface area contributed by atoms with Gasteiger partial charge in [-0.3, -0.25) is 0 Å². The van der Waals surface area contributed by atoms with Gasteiger partial charge in [-0.2, -0.15) is 0 Å². The van der Waals surface area contributed by atoms with E-state index in [0.29, 0.717) is 0 Å². The van der Waals surface area contributed by atoms with Gasteiger partial charge in [0.1, 0.15) is 0 Å². The predicted molar refractivity (Wildman–Crippen MR) is 51.7 cm³/mol. The monoisotopic (exact) mass is 252 g/mol. The number of ether oxygens (including phenoxy) is 1. The fourth-order valence-electron chi connectivity index (χ4n) is 1.72. The lowest BCUT2D eigenvalue weighted by Crippen LogP contribution is -2.20. The number of fused-ring (bicyclic) bond motifs is 2. The summed E-state index contributed by atoms with van der Waals surface area (Å²) < 4.78 is 5.74. The molecule has 0 radical (unpaired) electrons. The third-order valence-electron chi connectivity index (χ3n) is 2.37. The van der Waals surface area contributed by atoms with Crippen LogP contribution in [0.3, 0.4) is 0 Å². The Balaban J connectivity index is 0.000000500. The SMILES string of the molecule is CC12C=CC(C)(CC1)O2.I. The highest BCUT2D eigenvalue weighted by Gasteiger charge is 2.45. The Morgan fingerprint density at radius 1 is 1.10 bits per heavy atom. The second-order valence-electron chi connectivity index (χ2n) is 3.56. The molecule has 1 saturated heterocycles. The van der Waals surface area contributed by atoms with Crippen molar-refractivity contribution in [2.45, 2.75) is 37.9 Å². The van der Waals surface area contributed by atoms with Gasteiger partial charge in [0.2, 0.25) is 0 Å². The lowest BCUT2D eigenvalue weighted by molar-refractivity contribution is -0.0102. The molecule has 2 heterocycles. The summed E-state index contributed by atoms with van der Waals surface area (Å²) in [6, 6.07) is 0. The lowest BCUT2D eigenvalue weighted by Gasteiger charge is -2.16. The van der Waals surface area contributed by atoms with Gasteiger partial charge in [-0.1, -0.05) is 12.2 Å². The van der Waals surface area contributed by atoms with Gasteiger partial charge in [0.05, 0.1) is 11.2 Å². The minimum atomic E-state index is 0. The van der Waals surface area contributed by atoms with Crippen molar-refractivity contribution in [2.24, 2.45) is 0 Å². The van der Waals surface area contributed by atoms with Crippen LogP contribution in [0.1, 0.15) is 26.7 Å². The molecule has 0 spiro atoms. The van der Waals surface area contributed by atoms with Gasteiger partial charge >= 0.3 is 0 Å². The molecule has 0 aliphatic carbocycles. The first-order valence-electron chi connectivity index (χ1n) is 3.53. The maximum atomic E-state index is 5.74. The van der Waals surface area contributed by atoms with Crippen molar-refractivity contribution in [1.29, 1.82) is 0 Å². The van der Waals surface area contributed by atoms with Gasteiger partial charge in [-0.05, 0) is 26.7 Å². The Kier molecular flexibility index (Phi) is 1.88. The van der Waals surface area contributed by atoms with Crippen LogP contribution in [0, 0.1) is 0 Å². The normalized spacial score (nSPS) is 49.4. The molecule has 2 heteroatoms. The summed E-state index contributed by atoms with van der Waals surface area (Å²) in [5.74, 6) is 0. The maximum Gasteiger partial charge on any atom is 0.0848 e. The highest BCUT2D eigenvalue weighted by molar-refractivity contribution is 14.0. The standard InChI is InChI=1S/C8H12O.HI/c1-7-3-5-8(2,9-7)6-4-7;/h3,5H,4,6H2,1-2H3;1H. The van der Waals surface area contributed by atoms with Crippen LogP contribution < -0.4 is 0 Å². The molecule has 0 aromatic rings. The average molecular weight is 252 g/mol. The van der Waals surface area contributed by atoms with Crippen LogP contribution in [0.5, 0.6) is 0 Å². The molecule has 2 aliphatic rings. The van der Waals surface area contributed by atoms with Gasteiger partial charge in [0.15, 0.2) is 0 Å². The number of hydrogen-bond acceptors (Lipinski definition) is 1. The molecule has 58 valence electrons. The summed E-state index contributed by atoms with van der Waals surface area (Å²) in [6.07, 6.45) is 6.77. The topological polar surface area (TPSA) is 9.23 Å². The van der Waals surface area contributed by atoms with Crippen LogP contribution in [0.4, 0.5) is 0 Å². The van der Waals surface area contributed by atoms with Crippen molar-refractivity contribution in [1.82, 2.24) is 0 Å². The van der Waals surface area contributed by atoms with E-state index in [0.717, 1.165) is 0 Å². The van der Waals surface area contributed by atoms with Gasteiger partial charge in [0, 0.05) is 0 Å². The van der Waals surface area contributed by atoms with E-state index in [2.05, 4.69) is 26.0 Å². The highest BCUT2D eigenvalue weighted by atomic mass is 127. The summed E-state index contributed by atoms with van der Waals surface area (Å²) >= 11 is 0. The van der Waals surface area contributed by atoms with E-state index in [1.54, 1.807) is 0 Å². The molecule has 0 N–H and O–H groups in total. The molecular formula is C8H13IO. The fourth-order valence-corrected chi connectivity index (χ4v) is 1.72. The zero-order chi connectivity index (χ0) is 6.54. The van der Waals surface area contributed by atoms with Crippen molar-refractivity contribution in [3.63, 3.8) is 0 Å². The van der Waals surface area contributed by atoms with Gasteiger partial charge < -0.3 is 4.74 Å². The largest absolute Gasteiger partial charge is 0.361 e. The smallest absolute Gasteiger partial charge is 0.0848 e. The zero-order valence-electron chi connectivity index (χ0n) is 6.39. The van der Waals surface area contributed by atoms with Crippen LogP contribution in [0.15, 0.2) is 12.2 Å². The lowest BCUT2D eigenvalue weighted by atomic mass is 9.91. The van der Waals surface area contributed by atoms with E-state index in [1.807, 2.05) is 0 Å². The van der Waals surface area contributed by atoms with Crippen molar-refractivity contribution >= 4 is 24.0 Å². The molecule has 0 amide bonds. The maximum absolute atomic E-state index is 5.74. The quantitative estimate of drug-likeness (QED) is 0.475. The molecule has 10 heavy (non-hydrogen) atoms. The molecule has 2 aliphatic heterocycles. The van der Waals surface area contributed by atoms with Crippen molar-refractivity contribution in [3.05, 3.63) is 12.2 Å². The van der Waals surface area contributed by atoms with E-state index in [1.165, 1.54) is 12.8 Å². The van der Waals surface area contributed by atoms with Gasteiger partial charge in [-0.25, -0.2) is 0 Å². The molecule has 0 aromatic heterocycles. The first-order chi connectivity index (χ1) is 4.12. The van der Waals surface area contributed by atoms with E-state index in [9.17, 15) is 0 Å². The fraction of sp³-hybridized carbons (Fsp3) is 0.750. The molecule has 0 aromatic carbocycles. The molecule has 2 bridgehead atoms.